The van der Waals surface area contributed by atoms with E-state index in [1.165, 1.54) is 0 Å². The lowest BCUT2D eigenvalue weighted by atomic mass is 10.0. The van der Waals surface area contributed by atoms with Crippen LogP contribution in [0.2, 0.25) is 0 Å². The van der Waals surface area contributed by atoms with Gasteiger partial charge in [-0.1, -0.05) is 18.2 Å². The standard InChI is InChI=1S/C16H23N3O2/c1-10(7-11(2)20)19-16(21)14(17)8-12-9-18-15-6-4-3-5-13(12)15/h3-6,9-11,14,18,20H,7-8,17H2,1-2H3,(H,19,21)/t10?,11?,14-/m0/s1. The Morgan fingerprint density at radius 2 is 2.10 bits per heavy atom. The van der Waals surface area contributed by atoms with Crippen LogP contribution in [0, 0.1) is 0 Å². The summed E-state index contributed by atoms with van der Waals surface area (Å²) in [7, 11) is 0. The first kappa shape index (κ1) is 15.5. The van der Waals surface area contributed by atoms with E-state index in [0.717, 1.165) is 16.5 Å². The number of fused-ring (bicyclic) bond motifs is 1. The minimum atomic E-state index is -0.597. The molecule has 5 N–H and O–H groups in total. The minimum absolute atomic E-state index is 0.0912. The Kier molecular flexibility index (Phi) is 4.98. The lowest BCUT2D eigenvalue weighted by Gasteiger charge is -2.18. The van der Waals surface area contributed by atoms with Crippen molar-refractivity contribution in [2.75, 3.05) is 0 Å². The highest BCUT2D eigenvalue weighted by Gasteiger charge is 2.18. The molecule has 114 valence electrons. The number of hydrogen-bond donors (Lipinski definition) is 4. The van der Waals surface area contributed by atoms with Crippen LogP contribution in [0.4, 0.5) is 0 Å². The van der Waals surface area contributed by atoms with Gasteiger partial charge in [-0.05, 0) is 38.3 Å². The van der Waals surface area contributed by atoms with Crippen LogP contribution >= 0.6 is 0 Å². The lowest BCUT2D eigenvalue weighted by Crippen LogP contribution is -2.46. The maximum Gasteiger partial charge on any atom is 0.237 e. The van der Waals surface area contributed by atoms with E-state index >= 15 is 0 Å². The van der Waals surface area contributed by atoms with Crippen molar-refractivity contribution < 1.29 is 9.90 Å². The summed E-state index contributed by atoms with van der Waals surface area (Å²) in [5.74, 6) is -0.187. The summed E-state index contributed by atoms with van der Waals surface area (Å²) in [4.78, 5) is 15.2. The number of para-hydroxylation sites is 1. The summed E-state index contributed by atoms with van der Waals surface area (Å²) in [6, 6.07) is 7.26. The van der Waals surface area contributed by atoms with Crippen molar-refractivity contribution in [2.24, 2.45) is 5.73 Å². The van der Waals surface area contributed by atoms with Crippen LogP contribution in [0.3, 0.4) is 0 Å². The van der Waals surface area contributed by atoms with E-state index in [4.69, 9.17) is 5.73 Å². The van der Waals surface area contributed by atoms with Gasteiger partial charge in [0.15, 0.2) is 0 Å². The topological polar surface area (TPSA) is 91.1 Å². The van der Waals surface area contributed by atoms with Gasteiger partial charge in [-0.15, -0.1) is 0 Å². The highest BCUT2D eigenvalue weighted by Crippen LogP contribution is 2.18. The molecule has 1 aromatic carbocycles. The predicted molar refractivity (Wildman–Crippen MR) is 83.9 cm³/mol. The molecule has 2 rings (SSSR count). The van der Waals surface area contributed by atoms with Crippen LogP contribution < -0.4 is 11.1 Å². The van der Waals surface area contributed by atoms with E-state index in [-0.39, 0.29) is 11.9 Å². The number of carbonyl (C=O) groups excluding carboxylic acids is 1. The first-order valence-corrected chi connectivity index (χ1v) is 7.26. The molecule has 0 aliphatic rings. The molecule has 21 heavy (non-hydrogen) atoms. The first-order valence-electron chi connectivity index (χ1n) is 7.26. The van der Waals surface area contributed by atoms with Crippen LogP contribution in [0.15, 0.2) is 30.5 Å². The van der Waals surface area contributed by atoms with Crippen molar-refractivity contribution in [1.82, 2.24) is 10.3 Å². The number of aromatic amines is 1. The molecule has 5 heteroatoms. The zero-order chi connectivity index (χ0) is 15.4. The van der Waals surface area contributed by atoms with Crippen LogP contribution in [-0.2, 0) is 11.2 Å². The number of rotatable bonds is 6. The number of benzene rings is 1. The first-order chi connectivity index (χ1) is 9.97. The van der Waals surface area contributed by atoms with Gasteiger partial charge in [0.05, 0.1) is 12.1 Å². The van der Waals surface area contributed by atoms with Crippen LogP contribution in [0.1, 0.15) is 25.8 Å². The predicted octanol–water partition coefficient (Wildman–Crippen LogP) is 1.31. The monoisotopic (exact) mass is 289 g/mol. The molecular formula is C16H23N3O2. The second-order valence-corrected chi connectivity index (χ2v) is 5.66. The summed E-state index contributed by atoms with van der Waals surface area (Å²) in [6.45, 7) is 3.57. The molecule has 1 amide bonds. The maximum atomic E-state index is 12.1. The molecule has 0 radical (unpaired) electrons. The van der Waals surface area contributed by atoms with Gasteiger partial charge in [0.1, 0.15) is 0 Å². The third kappa shape index (κ3) is 4.06. The van der Waals surface area contributed by atoms with Crippen molar-refractivity contribution in [3.8, 4) is 0 Å². The Balaban J connectivity index is 1.97. The average Bonchev–Trinajstić information content (AvgIpc) is 2.81. The van der Waals surface area contributed by atoms with Gasteiger partial charge in [-0.2, -0.15) is 0 Å². The van der Waals surface area contributed by atoms with Crippen LogP contribution in [0.25, 0.3) is 10.9 Å². The summed E-state index contributed by atoms with van der Waals surface area (Å²) in [6.07, 6.45) is 2.46. The maximum absolute atomic E-state index is 12.1. The van der Waals surface area contributed by atoms with Crippen LogP contribution in [-0.4, -0.2) is 34.2 Å². The minimum Gasteiger partial charge on any atom is -0.393 e. The van der Waals surface area contributed by atoms with Gasteiger partial charge in [0, 0.05) is 23.1 Å². The molecule has 0 aliphatic carbocycles. The fourth-order valence-corrected chi connectivity index (χ4v) is 2.55. The third-order valence-corrected chi connectivity index (χ3v) is 3.53. The van der Waals surface area contributed by atoms with Crippen LogP contribution in [0.5, 0.6) is 0 Å². The fourth-order valence-electron chi connectivity index (χ4n) is 2.55. The second kappa shape index (κ2) is 6.74. The van der Waals surface area contributed by atoms with Gasteiger partial charge in [0.2, 0.25) is 5.91 Å². The van der Waals surface area contributed by atoms with E-state index in [0.29, 0.717) is 12.8 Å². The Morgan fingerprint density at radius 1 is 1.38 bits per heavy atom. The number of carbonyl (C=O) groups is 1. The summed E-state index contributed by atoms with van der Waals surface area (Å²) >= 11 is 0. The van der Waals surface area contributed by atoms with E-state index in [1.807, 2.05) is 37.4 Å². The van der Waals surface area contributed by atoms with Gasteiger partial charge in [0.25, 0.3) is 0 Å². The molecule has 2 aromatic rings. The van der Waals surface area contributed by atoms with Gasteiger partial charge in [-0.3, -0.25) is 4.79 Å². The highest BCUT2D eigenvalue weighted by molar-refractivity contribution is 5.86. The normalized spacial score (nSPS) is 15.6. The zero-order valence-electron chi connectivity index (χ0n) is 12.5. The smallest absolute Gasteiger partial charge is 0.237 e. The molecule has 0 bridgehead atoms. The lowest BCUT2D eigenvalue weighted by molar-refractivity contribution is -0.123. The number of aliphatic hydroxyl groups is 1. The Morgan fingerprint density at radius 3 is 2.81 bits per heavy atom. The van der Waals surface area contributed by atoms with Crippen molar-refractivity contribution in [3.63, 3.8) is 0 Å². The molecule has 0 spiro atoms. The number of hydrogen-bond acceptors (Lipinski definition) is 3. The van der Waals surface area contributed by atoms with Gasteiger partial charge < -0.3 is 21.1 Å². The largest absolute Gasteiger partial charge is 0.393 e. The van der Waals surface area contributed by atoms with Crippen molar-refractivity contribution >= 4 is 16.8 Å². The number of aromatic nitrogens is 1. The number of H-pyrrole nitrogens is 1. The van der Waals surface area contributed by atoms with E-state index < -0.39 is 12.1 Å². The average molecular weight is 289 g/mol. The highest BCUT2D eigenvalue weighted by atomic mass is 16.3. The number of nitrogens with one attached hydrogen (secondary N) is 2. The summed E-state index contributed by atoms with van der Waals surface area (Å²) in [5.41, 5.74) is 8.07. The molecule has 1 heterocycles. The third-order valence-electron chi connectivity index (χ3n) is 3.53. The Labute approximate surface area is 124 Å². The molecule has 0 aliphatic heterocycles. The van der Waals surface area contributed by atoms with Crippen molar-refractivity contribution in [1.29, 1.82) is 0 Å². The molecular weight excluding hydrogens is 266 g/mol. The molecule has 0 fully saturated rings. The zero-order valence-corrected chi connectivity index (χ0v) is 12.5. The number of nitrogens with two attached hydrogens (primary N) is 1. The molecule has 5 nitrogen and oxygen atoms in total. The van der Waals surface area contributed by atoms with Crippen molar-refractivity contribution in [2.45, 2.75) is 44.9 Å². The summed E-state index contributed by atoms with van der Waals surface area (Å²) in [5, 5.41) is 13.2. The van der Waals surface area contributed by atoms with Gasteiger partial charge in [-0.25, -0.2) is 0 Å². The molecule has 3 atom stereocenters. The molecule has 0 saturated carbocycles. The van der Waals surface area contributed by atoms with Crippen molar-refractivity contribution in [3.05, 3.63) is 36.0 Å². The number of aliphatic hydroxyl groups excluding tert-OH is 1. The molecule has 0 saturated heterocycles. The summed E-state index contributed by atoms with van der Waals surface area (Å²) < 4.78 is 0. The molecule has 1 aromatic heterocycles. The number of amides is 1. The Hall–Kier alpha value is -1.85. The molecule has 2 unspecified atom stereocenters. The van der Waals surface area contributed by atoms with E-state index in [2.05, 4.69) is 10.3 Å². The SMILES string of the molecule is CC(O)CC(C)NC(=O)[C@@H](N)Cc1c[nH]c2ccccc12. The quantitative estimate of drug-likeness (QED) is 0.646. The Bertz CT molecular complexity index is 606. The van der Waals surface area contributed by atoms with E-state index in [1.54, 1.807) is 6.92 Å². The second-order valence-electron chi connectivity index (χ2n) is 5.66. The van der Waals surface area contributed by atoms with E-state index in [9.17, 15) is 9.90 Å². The fraction of sp³-hybridized carbons (Fsp3) is 0.438. The van der Waals surface area contributed by atoms with Gasteiger partial charge >= 0.3 is 0 Å².